The van der Waals surface area contributed by atoms with Crippen LogP contribution >= 0.6 is 7.60 Å². The molecule has 0 unspecified atom stereocenters. The van der Waals surface area contributed by atoms with Gasteiger partial charge in [-0.05, 0) is 23.8 Å². The molecule has 5 nitrogen and oxygen atoms in total. The highest BCUT2D eigenvalue weighted by molar-refractivity contribution is 7.52. The third kappa shape index (κ3) is 4.11. The van der Waals surface area contributed by atoms with Crippen LogP contribution in [-0.4, -0.2) is 20.1 Å². The summed E-state index contributed by atoms with van der Waals surface area (Å²) in [6.45, 7) is 3.36. The van der Waals surface area contributed by atoms with Crippen molar-refractivity contribution in [2.75, 3.05) is 19.5 Å². The predicted molar refractivity (Wildman–Crippen MR) is 70.6 cm³/mol. The van der Waals surface area contributed by atoms with Gasteiger partial charge in [-0.2, -0.15) is 0 Å². The molecule has 0 fully saturated rings. The molecule has 0 radical (unpaired) electrons. The van der Waals surface area contributed by atoms with Crippen molar-refractivity contribution in [3.05, 3.63) is 42.5 Å². The Bertz CT molecular complexity index is 461. The van der Waals surface area contributed by atoms with Crippen LogP contribution in [-0.2, 0) is 24.6 Å². The van der Waals surface area contributed by atoms with Crippen molar-refractivity contribution in [1.29, 1.82) is 0 Å². The quantitative estimate of drug-likeness (QED) is 0.637. The Hall–Kier alpha value is -1.42. The molecular weight excluding hydrogens is 253 g/mol. The van der Waals surface area contributed by atoms with Gasteiger partial charge in [-0.15, -0.1) is 0 Å². The highest BCUT2D eigenvalue weighted by atomic mass is 31.2. The standard InChI is InChI=1S/C12H16NO4P/c1-4-12(14)13-11-7-5-10(6-8-11)9-18(15,16-2)17-3/h4-8H,1,9H2,2-3H3,(H,13,14). The molecule has 0 spiro atoms. The molecule has 0 aliphatic rings. The molecule has 1 aromatic rings. The highest BCUT2D eigenvalue weighted by Crippen LogP contribution is 2.49. The van der Waals surface area contributed by atoms with Crippen molar-refractivity contribution in [1.82, 2.24) is 0 Å². The predicted octanol–water partition coefficient (Wildman–Crippen LogP) is 2.80. The van der Waals surface area contributed by atoms with Gasteiger partial charge in [-0.25, -0.2) is 0 Å². The Kier molecular flexibility index (Phi) is 5.28. The van der Waals surface area contributed by atoms with Crippen LogP contribution in [0.25, 0.3) is 0 Å². The number of carbonyl (C=O) groups excluding carboxylic acids is 1. The zero-order valence-corrected chi connectivity index (χ0v) is 11.3. The van der Waals surface area contributed by atoms with Gasteiger partial charge in [0, 0.05) is 19.9 Å². The van der Waals surface area contributed by atoms with Crippen molar-refractivity contribution < 1.29 is 18.4 Å². The molecule has 0 saturated heterocycles. The summed E-state index contributed by atoms with van der Waals surface area (Å²) < 4.78 is 21.6. The van der Waals surface area contributed by atoms with E-state index < -0.39 is 7.60 Å². The summed E-state index contributed by atoms with van der Waals surface area (Å²) in [4.78, 5) is 11.1. The van der Waals surface area contributed by atoms with Gasteiger partial charge in [0.1, 0.15) is 0 Å². The maximum atomic E-state index is 11.9. The number of anilines is 1. The Morgan fingerprint density at radius 3 is 2.33 bits per heavy atom. The average Bonchev–Trinajstić information content (AvgIpc) is 2.40. The highest BCUT2D eigenvalue weighted by Gasteiger charge is 2.21. The van der Waals surface area contributed by atoms with Crippen molar-refractivity contribution in [3.63, 3.8) is 0 Å². The van der Waals surface area contributed by atoms with E-state index >= 15 is 0 Å². The van der Waals surface area contributed by atoms with Crippen LogP contribution in [0.1, 0.15) is 5.56 Å². The van der Waals surface area contributed by atoms with Crippen LogP contribution in [0.3, 0.4) is 0 Å². The zero-order valence-electron chi connectivity index (χ0n) is 10.4. The van der Waals surface area contributed by atoms with E-state index in [9.17, 15) is 9.36 Å². The SMILES string of the molecule is C=CC(=O)Nc1ccc(CP(=O)(OC)OC)cc1. The zero-order chi connectivity index (χ0) is 13.6. The van der Waals surface area contributed by atoms with E-state index in [1.54, 1.807) is 24.3 Å². The molecule has 6 heteroatoms. The molecule has 0 bridgehead atoms. The number of hydrogen-bond acceptors (Lipinski definition) is 4. The fourth-order valence-corrected chi connectivity index (χ4v) is 2.38. The molecule has 0 saturated carbocycles. The molecule has 1 aromatic carbocycles. The summed E-state index contributed by atoms with van der Waals surface area (Å²) in [5, 5.41) is 2.62. The fraction of sp³-hybridized carbons (Fsp3) is 0.250. The van der Waals surface area contributed by atoms with E-state index in [1.807, 2.05) is 0 Å². The lowest BCUT2D eigenvalue weighted by molar-refractivity contribution is -0.111. The first-order chi connectivity index (χ1) is 8.53. The molecule has 98 valence electrons. The minimum atomic E-state index is -3.05. The van der Waals surface area contributed by atoms with Crippen LogP contribution in [0.15, 0.2) is 36.9 Å². The maximum absolute atomic E-state index is 11.9. The normalized spacial score (nSPS) is 11.0. The first-order valence-corrected chi connectivity index (χ1v) is 6.98. The lowest BCUT2D eigenvalue weighted by Crippen LogP contribution is -2.07. The largest absolute Gasteiger partial charge is 0.334 e. The second-order valence-corrected chi connectivity index (χ2v) is 5.79. The second-order valence-electron chi connectivity index (χ2n) is 3.52. The van der Waals surface area contributed by atoms with Gasteiger partial charge in [0.15, 0.2) is 0 Å². The first kappa shape index (κ1) is 14.6. The van der Waals surface area contributed by atoms with E-state index in [-0.39, 0.29) is 12.1 Å². The fourth-order valence-electron chi connectivity index (χ4n) is 1.31. The smallest absolute Gasteiger partial charge is 0.323 e. The van der Waals surface area contributed by atoms with E-state index in [0.717, 1.165) is 5.56 Å². The van der Waals surface area contributed by atoms with Gasteiger partial charge in [0.05, 0.1) is 6.16 Å². The Morgan fingerprint density at radius 2 is 1.89 bits per heavy atom. The molecule has 1 N–H and O–H groups in total. The summed E-state index contributed by atoms with van der Waals surface area (Å²) in [6, 6.07) is 6.94. The number of amides is 1. The monoisotopic (exact) mass is 269 g/mol. The molecule has 18 heavy (non-hydrogen) atoms. The van der Waals surface area contributed by atoms with Crippen LogP contribution in [0.2, 0.25) is 0 Å². The van der Waals surface area contributed by atoms with Crippen LogP contribution in [0.4, 0.5) is 5.69 Å². The Labute approximate surface area is 106 Å². The van der Waals surface area contributed by atoms with Crippen LogP contribution in [0.5, 0.6) is 0 Å². The molecule has 0 aliphatic heterocycles. The Morgan fingerprint density at radius 1 is 1.33 bits per heavy atom. The average molecular weight is 269 g/mol. The lowest BCUT2D eigenvalue weighted by Gasteiger charge is -2.13. The van der Waals surface area contributed by atoms with Gasteiger partial charge in [-0.1, -0.05) is 18.7 Å². The summed E-state index contributed by atoms with van der Waals surface area (Å²) in [5.74, 6) is -0.276. The third-order valence-corrected chi connectivity index (χ3v) is 4.20. The number of rotatable bonds is 6. The summed E-state index contributed by atoms with van der Waals surface area (Å²) >= 11 is 0. The number of nitrogens with one attached hydrogen (secondary N) is 1. The summed E-state index contributed by atoms with van der Waals surface area (Å²) in [5.41, 5.74) is 1.45. The van der Waals surface area contributed by atoms with E-state index in [0.29, 0.717) is 5.69 Å². The van der Waals surface area contributed by atoms with Crippen molar-refractivity contribution in [2.24, 2.45) is 0 Å². The minimum absolute atomic E-state index is 0.190. The number of carbonyl (C=O) groups is 1. The van der Waals surface area contributed by atoms with Gasteiger partial charge in [0.2, 0.25) is 5.91 Å². The van der Waals surface area contributed by atoms with Crippen molar-refractivity contribution in [2.45, 2.75) is 6.16 Å². The maximum Gasteiger partial charge on any atom is 0.334 e. The molecule has 0 atom stereocenters. The van der Waals surface area contributed by atoms with E-state index in [2.05, 4.69) is 11.9 Å². The van der Waals surface area contributed by atoms with Gasteiger partial charge < -0.3 is 14.4 Å². The van der Waals surface area contributed by atoms with Crippen LogP contribution < -0.4 is 5.32 Å². The summed E-state index contributed by atoms with van der Waals surface area (Å²) in [7, 11) is -0.355. The van der Waals surface area contributed by atoms with Gasteiger partial charge >= 0.3 is 7.60 Å². The molecule has 1 amide bonds. The molecular formula is C12H16NO4P. The summed E-state index contributed by atoms with van der Waals surface area (Å²) in [6.07, 6.45) is 1.38. The van der Waals surface area contributed by atoms with Crippen molar-refractivity contribution in [3.8, 4) is 0 Å². The topological polar surface area (TPSA) is 64.6 Å². The molecule has 0 aliphatic carbocycles. The third-order valence-electron chi connectivity index (χ3n) is 2.34. The van der Waals surface area contributed by atoms with E-state index in [4.69, 9.17) is 9.05 Å². The minimum Gasteiger partial charge on any atom is -0.323 e. The molecule has 1 rings (SSSR count). The van der Waals surface area contributed by atoms with Crippen molar-refractivity contribution >= 4 is 19.2 Å². The molecule has 0 heterocycles. The second kappa shape index (κ2) is 6.50. The van der Waals surface area contributed by atoms with E-state index in [1.165, 1.54) is 20.3 Å². The molecule has 0 aromatic heterocycles. The number of benzene rings is 1. The number of hydrogen-bond donors (Lipinski definition) is 1. The van der Waals surface area contributed by atoms with Gasteiger partial charge in [0.25, 0.3) is 0 Å². The van der Waals surface area contributed by atoms with Crippen LogP contribution in [0, 0.1) is 0 Å². The Balaban J connectivity index is 2.74. The first-order valence-electron chi connectivity index (χ1n) is 5.26. The lowest BCUT2D eigenvalue weighted by atomic mass is 10.2. The van der Waals surface area contributed by atoms with Gasteiger partial charge in [-0.3, -0.25) is 9.36 Å².